The van der Waals surface area contributed by atoms with Gasteiger partial charge in [-0.1, -0.05) is 6.42 Å². The van der Waals surface area contributed by atoms with Crippen LogP contribution in [0.1, 0.15) is 29.6 Å². The Balaban J connectivity index is 1.73. The summed E-state index contributed by atoms with van der Waals surface area (Å²) in [7, 11) is 0. The summed E-state index contributed by atoms with van der Waals surface area (Å²) in [6, 6.07) is 2.25. The van der Waals surface area contributed by atoms with Gasteiger partial charge in [0, 0.05) is 31.9 Å². The molecule has 0 aliphatic carbocycles. The molecule has 2 N–H and O–H groups in total. The minimum Gasteiger partial charge on any atom is -0.397 e. The third kappa shape index (κ3) is 2.42. The number of rotatable bonds is 1. The quantitative estimate of drug-likeness (QED) is 0.817. The number of hydrogen-bond acceptors (Lipinski definition) is 4. The van der Waals surface area contributed by atoms with Gasteiger partial charge in [0.15, 0.2) is 0 Å². The minimum absolute atomic E-state index is 0.0464. The Kier molecular flexibility index (Phi) is 3.38. The Hall–Kier alpha value is -1.62. The highest BCUT2D eigenvalue weighted by Crippen LogP contribution is 2.23. The number of fused-ring (bicyclic) bond motifs is 1. The molecule has 1 aromatic rings. The third-order valence-corrected chi connectivity index (χ3v) is 4.21. The van der Waals surface area contributed by atoms with Crippen LogP contribution in [-0.4, -0.2) is 52.9 Å². The maximum atomic E-state index is 12.5. The molecule has 0 radical (unpaired) electrons. The van der Waals surface area contributed by atoms with E-state index in [4.69, 9.17) is 5.73 Å². The van der Waals surface area contributed by atoms with Gasteiger partial charge >= 0.3 is 0 Å². The van der Waals surface area contributed by atoms with E-state index in [1.165, 1.54) is 25.8 Å². The topological polar surface area (TPSA) is 62.5 Å². The Bertz CT molecular complexity index is 476. The molecule has 5 heteroatoms. The van der Waals surface area contributed by atoms with Gasteiger partial charge in [-0.25, -0.2) is 0 Å². The van der Waals surface area contributed by atoms with Crippen LogP contribution < -0.4 is 5.73 Å². The van der Waals surface area contributed by atoms with Crippen LogP contribution in [0.5, 0.6) is 0 Å². The van der Waals surface area contributed by atoms with E-state index in [9.17, 15) is 4.79 Å². The number of hydrogen-bond donors (Lipinski definition) is 1. The van der Waals surface area contributed by atoms with Crippen LogP contribution in [-0.2, 0) is 0 Å². The molecule has 0 aromatic carbocycles. The van der Waals surface area contributed by atoms with Gasteiger partial charge in [-0.15, -0.1) is 0 Å². The number of aromatic nitrogens is 1. The van der Waals surface area contributed by atoms with Crippen LogP contribution in [0.4, 0.5) is 5.69 Å². The number of nitrogen functional groups attached to an aromatic ring is 1. The van der Waals surface area contributed by atoms with Crippen molar-refractivity contribution in [2.75, 3.05) is 31.9 Å². The van der Waals surface area contributed by atoms with Crippen molar-refractivity contribution in [3.05, 3.63) is 24.0 Å². The SMILES string of the molecule is Nc1cnccc1C(=O)N1CCN2CCCCC2C1. The summed E-state index contributed by atoms with van der Waals surface area (Å²) >= 11 is 0. The summed E-state index contributed by atoms with van der Waals surface area (Å²) in [5, 5.41) is 0. The second-order valence-corrected chi connectivity index (χ2v) is 5.40. The number of carbonyl (C=O) groups is 1. The molecule has 2 aliphatic heterocycles. The zero-order chi connectivity index (χ0) is 13.2. The normalized spacial score (nSPS) is 24.0. The van der Waals surface area contributed by atoms with E-state index in [0.717, 1.165) is 19.6 Å². The van der Waals surface area contributed by atoms with E-state index in [2.05, 4.69) is 9.88 Å². The highest BCUT2D eigenvalue weighted by atomic mass is 16.2. The van der Waals surface area contributed by atoms with Crippen molar-refractivity contribution >= 4 is 11.6 Å². The first-order valence-corrected chi connectivity index (χ1v) is 6.98. The smallest absolute Gasteiger partial charge is 0.256 e. The monoisotopic (exact) mass is 260 g/mol. The largest absolute Gasteiger partial charge is 0.397 e. The first-order valence-electron chi connectivity index (χ1n) is 6.98. The molecule has 0 saturated carbocycles. The van der Waals surface area contributed by atoms with Crippen molar-refractivity contribution < 1.29 is 4.79 Å². The number of anilines is 1. The van der Waals surface area contributed by atoms with Crippen LogP contribution >= 0.6 is 0 Å². The molecule has 1 amide bonds. The van der Waals surface area contributed by atoms with Crippen molar-refractivity contribution in [2.24, 2.45) is 0 Å². The molecule has 2 fully saturated rings. The summed E-state index contributed by atoms with van der Waals surface area (Å²) < 4.78 is 0. The first-order chi connectivity index (χ1) is 9.25. The van der Waals surface area contributed by atoms with E-state index in [1.807, 2.05) is 4.90 Å². The lowest BCUT2D eigenvalue weighted by Gasteiger charge is -2.44. The molecule has 1 aromatic heterocycles. The summed E-state index contributed by atoms with van der Waals surface area (Å²) in [6.07, 6.45) is 6.95. The molecular formula is C14H20N4O. The Morgan fingerprint density at radius 2 is 2.21 bits per heavy atom. The molecule has 3 heterocycles. The number of nitrogens with zero attached hydrogens (tertiary/aromatic N) is 3. The zero-order valence-corrected chi connectivity index (χ0v) is 11.1. The average molecular weight is 260 g/mol. The fourth-order valence-corrected chi connectivity index (χ4v) is 3.11. The molecule has 5 nitrogen and oxygen atoms in total. The lowest BCUT2D eigenvalue weighted by atomic mass is 9.99. The van der Waals surface area contributed by atoms with Crippen molar-refractivity contribution in [3.8, 4) is 0 Å². The number of nitrogens with two attached hydrogens (primary N) is 1. The molecule has 0 spiro atoms. The van der Waals surface area contributed by atoms with Gasteiger partial charge < -0.3 is 10.6 Å². The van der Waals surface area contributed by atoms with E-state index in [0.29, 0.717) is 17.3 Å². The lowest BCUT2D eigenvalue weighted by molar-refractivity contribution is 0.0373. The summed E-state index contributed by atoms with van der Waals surface area (Å²) in [4.78, 5) is 20.9. The number of amides is 1. The molecule has 1 unspecified atom stereocenters. The van der Waals surface area contributed by atoms with E-state index in [1.54, 1.807) is 18.5 Å². The summed E-state index contributed by atoms with van der Waals surface area (Å²) in [6.45, 7) is 3.81. The average Bonchev–Trinajstić information content (AvgIpc) is 2.46. The molecule has 102 valence electrons. The van der Waals surface area contributed by atoms with Gasteiger partial charge in [0.05, 0.1) is 17.4 Å². The number of piperazine rings is 1. The van der Waals surface area contributed by atoms with Crippen molar-refractivity contribution in [3.63, 3.8) is 0 Å². The first kappa shape index (κ1) is 12.4. The van der Waals surface area contributed by atoms with Gasteiger partial charge in [-0.3, -0.25) is 14.7 Å². The third-order valence-electron chi connectivity index (χ3n) is 4.21. The molecule has 0 bridgehead atoms. The fraction of sp³-hybridized carbons (Fsp3) is 0.571. The van der Waals surface area contributed by atoms with Gasteiger partial charge in [-0.2, -0.15) is 0 Å². The second-order valence-electron chi connectivity index (χ2n) is 5.40. The lowest BCUT2D eigenvalue weighted by Crippen LogP contribution is -2.56. The highest BCUT2D eigenvalue weighted by Gasteiger charge is 2.31. The fourth-order valence-electron chi connectivity index (χ4n) is 3.11. The molecule has 3 rings (SSSR count). The Morgan fingerprint density at radius 3 is 3.05 bits per heavy atom. The molecular weight excluding hydrogens is 240 g/mol. The molecule has 1 atom stereocenters. The van der Waals surface area contributed by atoms with Crippen LogP contribution in [0.2, 0.25) is 0 Å². The number of carbonyl (C=O) groups excluding carboxylic acids is 1. The van der Waals surface area contributed by atoms with E-state index < -0.39 is 0 Å². The van der Waals surface area contributed by atoms with Gasteiger partial charge in [0.25, 0.3) is 5.91 Å². The van der Waals surface area contributed by atoms with Crippen molar-refractivity contribution in [2.45, 2.75) is 25.3 Å². The number of pyridine rings is 1. The van der Waals surface area contributed by atoms with Gasteiger partial charge in [-0.05, 0) is 25.5 Å². The summed E-state index contributed by atoms with van der Waals surface area (Å²) in [5.74, 6) is 0.0464. The standard InChI is InChI=1S/C14H20N4O/c15-13-9-16-5-4-12(13)14(19)18-8-7-17-6-2-1-3-11(17)10-18/h4-5,9,11H,1-3,6-8,10,15H2. The number of piperidine rings is 1. The molecule has 19 heavy (non-hydrogen) atoms. The van der Waals surface area contributed by atoms with Gasteiger partial charge in [0.2, 0.25) is 0 Å². The van der Waals surface area contributed by atoms with Crippen LogP contribution in [0.25, 0.3) is 0 Å². The maximum absolute atomic E-state index is 12.5. The Morgan fingerprint density at radius 1 is 1.32 bits per heavy atom. The van der Waals surface area contributed by atoms with Gasteiger partial charge in [0.1, 0.15) is 0 Å². The maximum Gasteiger partial charge on any atom is 0.256 e. The minimum atomic E-state index is 0.0464. The molecule has 2 aliphatic rings. The van der Waals surface area contributed by atoms with E-state index in [-0.39, 0.29) is 5.91 Å². The van der Waals surface area contributed by atoms with Crippen molar-refractivity contribution in [1.82, 2.24) is 14.8 Å². The molecule has 2 saturated heterocycles. The predicted octanol–water partition coefficient (Wildman–Crippen LogP) is 0.974. The Labute approximate surface area is 113 Å². The predicted molar refractivity (Wildman–Crippen MR) is 73.8 cm³/mol. The highest BCUT2D eigenvalue weighted by molar-refractivity contribution is 5.98. The summed E-state index contributed by atoms with van der Waals surface area (Å²) in [5.41, 5.74) is 6.89. The van der Waals surface area contributed by atoms with Crippen molar-refractivity contribution in [1.29, 1.82) is 0 Å². The van der Waals surface area contributed by atoms with Crippen LogP contribution in [0, 0.1) is 0 Å². The second kappa shape index (κ2) is 5.17. The van der Waals surface area contributed by atoms with Crippen LogP contribution in [0.15, 0.2) is 18.5 Å². The van der Waals surface area contributed by atoms with E-state index >= 15 is 0 Å². The zero-order valence-electron chi connectivity index (χ0n) is 11.1. The van der Waals surface area contributed by atoms with Crippen LogP contribution in [0.3, 0.4) is 0 Å².